The van der Waals surface area contributed by atoms with Gasteiger partial charge in [0.25, 0.3) is 0 Å². The van der Waals surface area contributed by atoms with Crippen LogP contribution in [-0.4, -0.2) is 27.8 Å². The monoisotopic (exact) mass is 673 g/mol. The predicted molar refractivity (Wildman–Crippen MR) is 187 cm³/mol. The molecule has 0 N–H and O–H groups in total. The zero-order valence-electron chi connectivity index (χ0n) is 28.2. The molecule has 1 aliphatic rings. The van der Waals surface area contributed by atoms with Crippen molar-refractivity contribution < 1.29 is 53.8 Å². The van der Waals surface area contributed by atoms with E-state index in [1.807, 2.05) is 84.9 Å². The van der Waals surface area contributed by atoms with Crippen molar-refractivity contribution in [3.8, 4) is 11.5 Å². The van der Waals surface area contributed by atoms with Crippen LogP contribution < -0.4 is 44.1 Å². The fourth-order valence-electron chi connectivity index (χ4n) is 6.56. The number of carbonyl (C=O) groups is 1. The Labute approximate surface area is 313 Å². The maximum Gasteiger partial charge on any atom is 1.00 e. The minimum absolute atomic E-state index is 0. The first-order chi connectivity index (χ1) is 23.9. The van der Waals surface area contributed by atoms with Crippen molar-refractivity contribution in [1.29, 1.82) is 0 Å². The summed E-state index contributed by atoms with van der Waals surface area (Å²) >= 11 is 0. The molecule has 2 heterocycles. The Hall–Kier alpha value is -4.76. The quantitative estimate of drug-likeness (QED) is 0.115. The van der Waals surface area contributed by atoms with E-state index in [9.17, 15) is 9.90 Å². The van der Waals surface area contributed by atoms with Crippen LogP contribution in [0.4, 0.5) is 0 Å². The maximum atomic E-state index is 11.1. The molecule has 246 valence electrons. The molecule has 6 aromatic rings. The van der Waals surface area contributed by atoms with Gasteiger partial charge < -0.3 is 24.2 Å². The Balaban J connectivity index is 0.00000432. The largest absolute Gasteiger partial charge is 1.00 e. The van der Waals surface area contributed by atoms with E-state index in [0.29, 0.717) is 26.1 Å². The summed E-state index contributed by atoms with van der Waals surface area (Å²) in [6.45, 7) is 2.12. The number of nitrogens with zero attached hydrogens (tertiary/aromatic N) is 3. The van der Waals surface area contributed by atoms with Crippen molar-refractivity contribution in [2.75, 3.05) is 0 Å². The van der Waals surface area contributed by atoms with E-state index in [4.69, 9.17) is 24.3 Å². The molecule has 1 fully saturated rings. The topological polar surface area (TPSA) is 106 Å². The zero-order chi connectivity index (χ0) is 33.6. The molecule has 0 saturated heterocycles. The number of hydrogen-bond acceptors (Lipinski definition) is 8. The fourth-order valence-corrected chi connectivity index (χ4v) is 6.56. The molecule has 0 spiro atoms. The summed E-state index contributed by atoms with van der Waals surface area (Å²) in [5, 5.41) is 17.1. The number of pyridine rings is 2. The average Bonchev–Trinajstić information content (AvgIpc) is 3.15. The second kappa shape index (κ2) is 15.9. The van der Waals surface area contributed by atoms with Gasteiger partial charge >= 0.3 is 29.6 Å². The van der Waals surface area contributed by atoms with Crippen LogP contribution in [0.5, 0.6) is 11.5 Å². The van der Waals surface area contributed by atoms with E-state index in [2.05, 4.69) is 41.6 Å². The minimum Gasteiger partial charge on any atom is -0.543 e. The maximum absolute atomic E-state index is 11.1. The van der Waals surface area contributed by atoms with Crippen LogP contribution in [0.15, 0.2) is 126 Å². The van der Waals surface area contributed by atoms with Crippen molar-refractivity contribution >= 4 is 33.5 Å². The van der Waals surface area contributed by atoms with Crippen molar-refractivity contribution in [3.05, 3.63) is 144 Å². The third kappa shape index (κ3) is 7.99. The first-order valence-electron chi connectivity index (χ1n) is 16.5. The first kappa shape index (κ1) is 35.1. The summed E-state index contributed by atoms with van der Waals surface area (Å²) in [6.07, 6.45) is 2.82. The van der Waals surface area contributed by atoms with Gasteiger partial charge in [-0.1, -0.05) is 78.0 Å². The van der Waals surface area contributed by atoms with Crippen molar-refractivity contribution in [3.63, 3.8) is 0 Å². The smallest absolute Gasteiger partial charge is 0.543 e. The molecule has 50 heavy (non-hydrogen) atoms. The first-order valence-corrected chi connectivity index (χ1v) is 16.5. The molecule has 2 aromatic heterocycles. The van der Waals surface area contributed by atoms with Crippen LogP contribution in [0.1, 0.15) is 55.1 Å². The van der Waals surface area contributed by atoms with Gasteiger partial charge in [-0.3, -0.25) is 0 Å². The van der Waals surface area contributed by atoms with E-state index in [0.717, 1.165) is 57.5 Å². The molecule has 9 heteroatoms. The number of benzene rings is 4. The van der Waals surface area contributed by atoms with Crippen molar-refractivity contribution in [1.82, 2.24) is 9.97 Å². The molecule has 7 rings (SSSR count). The summed E-state index contributed by atoms with van der Waals surface area (Å²) in [4.78, 5) is 26.2. The standard InChI is InChI=1S/C41H37N3O5.Na/c1-28(40(45)46)44-49-37-22-24-41(25-23-37,31-12-18-35(19-13-31)47-26-33-16-10-29-6-2-4-8-38(29)42-33)32-14-20-36(21-15-32)48-27-34-17-11-30-7-3-5-9-39(30)43-34;/h2-21,37H,22-27H2,1H3,(H,45,46);/q;+1/p-1/b44-28-;. The zero-order valence-corrected chi connectivity index (χ0v) is 30.2. The van der Waals surface area contributed by atoms with Crippen LogP contribution in [0.2, 0.25) is 0 Å². The Kier molecular flexibility index (Phi) is 11.1. The molecule has 0 amide bonds. The molecule has 0 unspecified atom stereocenters. The third-order valence-electron chi connectivity index (χ3n) is 9.32. The van der Waals surface area contributed by atoms with Gasteiger partial charge in [-0.05, 0) is 92.3 Å². The van der Waals surface area contributed by atoms with E-state index in [1.54, 1.807) is 0 Å². The molecule has 4 aromatic carbocycles. The Morgan fingerprint density at radius 3 is 1.62 bits per heavy atom. The summed E-state index contributed by atoms with van der Waals surface area (Å²) in [5.74, 6) is 0.204. The van der Waals surface area contributed by atoms with E-state index in [-0.39, 0.29) is 46.8 Å². The second-order valence-electron chi connectivity index (χ2n) is 12.5. The summed E-state index contributed by atoms with van der Waals surface area (Å²) in [6, 6.07) is 40.8. The Morgan fingerprint density at radius 1 is 0.700 bits per heavy atom. The molecular weight excluding hydrogens is 637 g/mol. The molecular formula is C41H36N3NaO5. The van der Waals surface area contributed by atoms with Crippen LogP contribution in [0, 0.1) is 0 Å². The van der Waals surface area contributed by atoms with E-state index >= 15 is 0 Å². The number of carboxylic acid groups (broad SMARTS) is 1. The summed E-state index contributed by atoms with van der Waals surface area (Å²) in [7, 11) is 0. The minimum atomic E-state index is -1.33. The number of fused-ring (bicyclic) bond motifs is 2. The number of aromatic nitrogens is 2. The molecule has 1 saturated carbocycles. The number of rotatable bonds is 11. The molecule has 0 atom stereocenters. The second-order valence-corrected chi connectivity index (χ2v) is 12.5. The van der Waals surface area contributed by atoms with E-state index in [1.165, 1.54) is 18.1 Å². The Morgan fingerprint density at radius 2 is 1.16 bits per heavy atom. The number of carboxylic acids is 1. The average molecular weight is 674 g/mol. The van der Waals surface area contributed by atoms with Crippen molar-refractivity contribution in [2.45, 2.75) is 57.3 Å². The van der Waals surface area contributed by atoms with Crippen LogP contribution in [0.3, 0.4) is 0 Å². The molecule has 0 bridgehead atoms. The third-order valence-corrected chi connectivity index (χ3v) is 9.32. The molecule has 1 aliphatic carbocycles. The fraction of sp³-hybridized carbons (Fsp3) is 0.220. The van der Waals surface area contributed by atoms with Gasteiger partial charge in [0.05, 0.1) is 34.1 Å². The van der Waals surface area contributed by atoms with Gasteiger partial charge in [-0.15, -0.1) is 0 Å². The van der Waals surface area contributed by atoms with Crippen LogP contribution in [0.25, 0.3) is 21.8 Å². The van der Waals surface area contributed by atoms with Gasteiger partial charge in [-0.2, -0.15) is 0 Å². The number of carbonyl (C=O) groups excluding carboxylic acids is 1. The van der Waals surface area contributed by atoms with Gasteiger partial charge in [0, 0.05) is 16.2 Å². The number of aliphatic carboxylic acids is 1. The molecule has 0 aliphatic heterocycles. The SMILES string of the molecule is C/C(=N/OC1CCC(c2ccc(OCc3ccc4ccccc4n3)cc2)(c2ccc(OCc3ccc4ccccc4n3)cc2)CC1)C(=O)[O-].[Na+]. The molecule has 0 radical (unpaired) electrons. The van der Waals surface area contributed by atoms with Gasteiger partial charge in [0.15, 0.2) is 0 Å². The normalized spacial score (nSPS) is 14.5. The number of ether oxygens (including phenoxy) is 2. The summed E-state index contributed by atoms with van der Waals surface area (Å²) in [5.41, 5.74) is 5.52. The van der Waals surface area contributed by atoms with E-state index < -0.39 is 5.97 Å². The number of para-hydroxylation sites is 2. The summed E-state index contributed by atoms with van der Waals surface area (Å²) < 4.78 is 12.3. The van der Waals surface area contributed by atoms with Gasteiger partial charge in [-0.25, -0.2) is 9.97 Å². The number of oxime groups is 1. The van der Waals surface area contributed by atoms with Gasteiger partial charge in [0.1, 0.15) is 30.8 Å². The van der Waals surface area contributed by atoms with Crippen LogP contribution >= 0.6 is 0 Å². The predicted octanol–water partition coefficient (Wildman–Crippen LogP) is 4.32. The van der Waals surface area contributed by atoms with Crippen LogP contribution in [-0.2, 0) is 28.3 Å². The van der Waals surface area contributed by atoms with Gasteiger partial charge in [0.2, 0.25) is 0 Å². The Bertz CT molecular complexity index is 1980. The van der Waals surface area contributed by atoms with Crippen molar-refractivity contribution in [2.24, 2.45) is 5.16 Å². The molecule has 8 nitrogen and oxygen atoms in total. The number of hydrogen-bond donors (Lipinski definition) is 0.